The third kappa shape index (κ3) is 4.02. The molecular weight excluding hydrogens is 326 g/mol. The van der Waals surface area contributed by atoms with E-state index in [0.29, 0.717) is 17.1 Å². The van der Waals surface area contributed by atoms with Gasteiger partial charge in [0.15, 0.2) is 0 Å². The summed E-state index contributed by atoms with van der Waals surface area (Å²) in [7, 11) is 0. The third-order valence-electron chi connectivity index (χ3n) is 3.67. The maximum Gasteiger partial charge on any atom is 0.275 e. The molecule has 0 fully saturated rings. The van der Waals surface area contributed by atoms with Crippen molar-refractivity contribution in [3.8, 4) is 6.07 Å². The van der Waals surface area contributed by atoms with Crippen molar-refractivity contribution in [1.82, 2.24) is 9.97 Å². The van der Waals surface area contributed by atoms with Crippen LogP contribution in [0.15, 0.2) is 54.9 Å². The first-order chi connectivity index (χ1) is 12.5. The second-order valence-electron chi connectivity index (χ2n) is 5.90. The molecule has 0 saturated carbocycles. The molecule has 3 aromatic rings. The van der Waals surface area contributed by atoms with E-state index in [1.807, 2.05) is 38.1 Å². The van der Waals surface area contributed by atoms with Gasteiger partial charge in [0, 0.05) is 5.69 Å². The number of carbonyl (C=O) groups excluding carboxylic acids is 1. The zero-order chi connectivity index (χ0) is 18.5. The molecule has 0 unspecified atom stereocenters. The van der Waals surface area contributed by atoms with Crippen LogP contribution in [0.4, 0.5) is 17.2 Å². The maximum absolute atomic E-state index is 12.3. The predicted octanol–water partition coefficient (Wildman–Crippen LogP) is 3.96. The number of nitrogens with one attached hydrogen (secondary N) is 2. The Morgan fingerprint density at radius 1 is 1.04 bits per heavy atom. The van der Waals surface area contributed by atoms with Crippen LogP contribution in [0.1, 0.15) is 27.2 Å². The monoisotopic (exact) mass is 343 g/mol. The molecule has 128 valence electrons. The highest BCUT2D eigenvalue weighted by atomic mass is 16.1. The van der Waals surface area contributed by atoms with Gasteiger partial charge in [0.25, 0.3) is 5.91 Å². The fourth-order valence-electron chi connectivity index (χ4n) is 2.58. The van der Waals surface area contributed by atoms with Crippen molar-refractivity contribution in [3.05, 3.63) is 77.2 Å². The highest BCUT2D eigenvalue weighted by molar-refractivity contribution is 6.02. The number of nitriles is 1. The van der Waals surface area contributed by atoms with E-state index >= 15 is 0 Å². The lowest BCUT2D eigenvalue weighted by molar-refractivity contribution is 0.102. The lowest BCUT2D eigenvalue weighted by atomic mass is 10.1. The first-order valence-corrected chi connectivity index (χ1v) is 8.03. The molecule has 1 amide bonds. The molecule has 6 nitrogen and oxygen atoms in total. The minimum Gasteiger partial charge on any atom is -0.338 e. The normalized spacial score (nSPS) is 10.0. The first kappa shape index (κ1) is 17.1. The summed E-state index contributed by atoms with van der Waals surface area (Å²) in [4.78, 5) is 20.7. The summed E-state index contributed by atoms with van der Waals surface area (Å²) < 4.78 is 0. The fraction of sp³-hybridized carbons (Fsp3) is 0.100. The maximum atomic E-state index is 12.3. The summed E-state index contributed by atoms with van der Waals surface area (Å²) in [5, 5.41) is 15.0. The molecule has 0 radical (unpaired) electrons. The molecule has 6 heteroatoms. The Balaban J connectivity index is 1.73. The summed E-state index contributed by atoms with van der Waals surface area (Å²) >= 11 is 0. The molecular formula is C20H17N5O. The van der Waals surface area contributed by atoms with Gasteiger partial charge in [-0.15, -0.1) is 0 Å². The summed E-state index contributed by atoms with van der Waals surface area (Å²) in [6.07, 6.45) is 2.86. The molecule has 2 N–H and O–H groups in total. The number of nitrogens with zero attached hydrogens (tertiary/aromatic N) is 3. The average Bonchev–Trinajstić information content (AvgIpc) is 2.62. The van der Waals surface area contributed by atoms with Gasteiger partial charge in [0.05, 0.1) is 23.6 Å². The van der Waals surface area contributed by atoms with Crippen LogP contribution in [-0.4, -0.2) is 15.9 Å². The lowest BCUT2D eigenvalue weighted by Crippen LogP contribution is -2.14. The highest BCUT2D eigenvalue weighted by Crippen LogP contribution is 2.18. The second-order valence-corrected chi connectivity index (χ2v) is 5.90. The second kappa shape index (κ2) is 7.45. The Morgan fingerprint density at radius 3 is 2.42 bits per heavy atom. The van der Waals surface area contributed by atoms with Crippen LogP contribution in [0.3, 0.4) is 0 Å². The SMILES string of the molecule is Cc1cc(C)cc(NC(=O)c2cnc(Nc3ccccc3C#N)cn2)c1. The van der Waals surface area contributed by atoms with Gasteiger partial charge in [-0.1, -0.05) is 18.2 Å². The topological polar surface area (TPSA) is 90.7 Å². The van der Waals surface area contributed by atoms with Crippen molar-refractivity contribution in [2.75, 3.05) is 10.6 Å². The molecule has 0 aliphatic carbocycles. The predicted molar refractivity (Wildman–Crippen MR) is 100 cm³/mol. The third-order valence-corrected chi connectivity index (χ3v) is 3.67. The van der Waals surface area contributed by atoms with E-state index in [9.17, 15) is 4.79 Å². The van der Waals surface area contributed by atoms with Crippen LogP contribution in [-0.2, 0) is 0 Å². The number of para-hydroxylation sites is 1. The summed E-state index contributed by atoms with van der Waals surface area (Å²) in [6, 6.07) is 15.0. The van der Waals surface area contributed by atoms with Crippen LogP contribution < -0.4 is 10.6 Å². The van der Waals surface area contributed by atoms with Gasteiger partial charge in [-0.3, -0.25) is 4.79 Å². The van der Waals surface area contributed by atoms with Crippen molar-refractivity contribution >= 4 is 23.1 Å². The van der Waals surface area contributed by atoms with E-state index in [4.69, 9.17) is 5.26 Å². The average molecular weight is 343 g/mol. The zero-order valence-electron chi connectivity index (χ0n) is 14.4. The van der Waals surface area contributed by atoms with Crippen LogP contribution in [0.2, 0.25) is 0 Å². The van der Waals surface area contributed by atoms with Crippen LogP contribution in [0.25, 0.3) is 0 Å². The van der Waals surface area contributed by atoms with Gasteiger partial charge < -0.3 is 10.6 Å². The minimum absolute atomic E-state index is 0.211. The molecule has 0 aliphatic rings. The van der Waals surface area contributed by atoms with Crippen LogP contribution in [0, 0.1) is 25.2 Å². The van der Waals surface area contributed by atoms with Gasteiger partial charge in [-0.05, 0) is 49.2 Å². The van der Waals surface area contributed by atoms with E-state index in [-0.39, 0.29) is 11.6 Å². The van der Waals surface area contributed by atoms with E-state index in [0.717, 1.165) is 16.8 Å². The molecule has 0 bridgehead atoms. The molecule has 1 heterocycles. The van der Waals surface area contributed by atoms with E-state index in [2.05, 4.69) is 26.7 Å². The smallest absolute Gasteiger partial charge is 0.275 e. The van der Waals surface area contributed by atoms with Gasteiger partial charge in [-0.25, -0.2) is 9.97 Å². The molecule has 0 spiro atoms. The number of benzene rings is 2. The van der Waals surface area contributed by atoms with Crippen molar-refractivity contribution in [2.45, 2.75) is 13.8 Å². The number of hydrogen-bond donors (Lipinski definition) is 2. The standard InChI is InChI=1S/C20H17N5O/c1-13-7-14(2)9-16(8-13)24-20(26)18-11-23-19(12-22-18)25-17-6-4-3-5-15(17)10-21/h3-9,11-12H,1-2H3,(H,23,25)(H,24,26). The Hall–Kier alpha value is -3.72. The van der Waals surface area contributed by atoms with Crippen molar-refractivity contribution in [2.24, 2.45) is 0 Å². The Kier molecular flexibility index (Phi) is 4.90. The largest absolute Gasteiger partial charge is 0.338 e. The highest BCUT2D eigenvalue weighted by Gasteiger charge is 2.10. The first-order valence-electron chi connectivity index (χ1n) is 8.03. The molecule has 0 atom stereocenters. The number of carbonyl (C=O) groups is 1. The van der Waals surface area contributed by atoms with Gasteiger partial charge >= 0.3 is 0 Å². The quantitative estimate of drug-likeness (QED) is 0.748. The van der Waals surface area contributed by atoms with E-state index in [1.165, 1.54) is 12.4 Å². The Bertz CT molecular complexity index is 970. The molecule has 0 aliphatic heterocycles. The van der Waals surface area contributed by atoms with E-state index < -0.39 is 0 Å². The number of anilines is 3. The van der Waals surface area contributed by atoms with E-state index in [1.54, 1.807) is 18.2 Å². The Labute approximate surface area is 151 Å². The molecule has 1 aromatic heterocycles. The van der Waals surface area contributed by atoms with Crippen LogP contribution >= 0.6 is 0 Å². The fourth-order valence-corrected chi connectivity index (χ4v) is 2.58. The van der Waals surface area contributed by atoms with Crippen molar-refractivity contribution in [3.63, 3.8) is 0 Å². The summed E-state index contributed by atoms with van der Waals surface area (Å²) in [5.74, 6) is 0.127. The molecule has 0 saturated heterocycles. The number of amides is 1. The summed E-state index contributed by atoms with van der Waals surface area (Å²) in [6.45, 7) is 3.95. The van der Waals surface area contributed by atoms with Crippen LogP contribution in [0.5, 0.6) is 0 Å². The molecule has 26 heavy (non-hydrogen) atoms. The number of aryl methyl sites for hydroxylation is 2. The molecule has 3 rings (SSSR count). The van der Waals surface area contributed by atoms with Crippen molar-refractivity contribution in [1.29, 1.82) is 5.26 Å². The number of hydrogen-bond acceptors (Lipinski definition) is 5. The minimum atomic E-state index is -0.327. The number of aromatic nitrogens is 2. The Morgan fingerprint density at radius 2 is 1.77 bits per heavy atom. The van der Waals surface area contributed by atoms with Gasteiger partial charge in [-0.2, -0.15) is 5.26 Å². The molecule has 2 aromatic carbocycles. The summed E-state index contributed by atoms with van der Waals surface area (Å²) in [5.41, 5.74) is 4.22. The van der Waals surface area contributed by atoms with Crippen molar-refractivity contribution < 1.29 is 4.79 Å². The number of rotatable bonds is 4. The lowest BCUT2D eigenvalue weighted by Gasteiger charge is -2.09. The van der Waals surface area contributed by atoms with Gasteiger partial charge in [0.2, 0.25) is 0 Å². The van der Waals surface area contributed by atoms with Gasteiger partial charge in [0.1, 0.15) is 17.6 Å². The zero-order valence-corrected chi connectivity index (χ0v) is 14.4.